The van der Waals surface area contributed by atoms with E-state index in [0.29, 0.717) is 6.42 Å². The highest BCUT2D eigenvalue weighted by atomic mass is 32.3. The van der Waals surface area contributed by atoms with Crippen molar-refractivity contribution in [3.8, 4) is 0 Å². The molecule has 2 unspecified atom stereocenters. The number of unbranched alkanes of at least 4 members (excludes halogenated alkanes) is 4. The molecular weight excluding hydrogens is 224 g/mol. The van der Waals surface area contributed by atoms with Gasteiger partial charge in [0.05, 0.1) is 4.58 Å². The summed E-state index contributed by atoms with van der Waals surface area (Å²) in [5.41, 5.74) is 0. The van der Waals surface area contributed by atoms with Gasteiger partial charge in [0, 0.05) is 0 Å². The summed E-state index contributed by atoms with van der Waals surface area (Å²) in [6.07, 6.45) is 5.05. The lowest BCUT2D eigenvalue weighted by atomic mass is 10.1. The molecule has 4 nitrogen and oxygen atoms in total. The van der Waals surface area contributed by atoms with Gasteiger partial charge in [0.1, 0.15) is 0 Å². The molecule has 0 aromatic rings. The van der Waals surface area contributed by atoms with E-state index in [4.69, 9.17) is 0 Å². The van der Waals surface area contributed by atoms with Crippen LogP contribution in [0.3, 0.4) is 0 Å². The molecule has 0 heterocycles. The highest BCUT2D eigenvalue weighted by molar-refractivity contribution is 7.97. The van der Waals surface area contributed by atoms with Gasteiger partial charge in [0.15, 0.2) is 0 Å². The zero-order chi connectivity index (χ0) is 11.0. The number of rotatable bonds is 8. The van der Waals surface area contributed by atoms with Crippen molar-refractivity contribution in [2.75, 3.05) is 0 Å². The topological polar surface area (TPSA) is 80.3 Å². The molecule has 0 aromatic heterocycles. The van der Waals surface area contributed by atoms with Gasteiger partial charge >= 0.3 is 0 Å². The number of hydrogen-bond donors (Lipinski definition) is 0. The Morgan fingerprint density at radius 1 is 1.00 bits per heavy atom. The van der Waals surface area contributed by atoms with Gasteiger partial charge in [0.2, 0.25) is 0 Å². The lowest BCUT2D eigenvalue weighted by Crippen LogP contribution is -2.20. The summed E-state index contributed by atoms with van der Waals surface area (Å²) in [4.78, 5) is 0. The Hall–Kier alpha value is 0.220. The molecule has 0 aliphatic rings. The van der Waals surface area contributed by atoms with Crippen LogP contribution in [0.1, 0.15) is 45.4 Å². The van der Waals surface area contributed by atoms with E-state index in [9.17, 15) is 17.5 Å². The van der Waals surface area contributed by atoms with E-state index in [1.165, 1.54) is 0 Å². The van der Waals surface area contributed by atoms with Crippen LogP contribution in [0.5, 0.6) is 0 Å². The second-order valence-electron chi connectivity index (χ2n) is 3.15. The van der Waals surface area contributed by atoms with E-state index < -0.39 is 26.7 Å². The molecule has 0 aliphatic heterocycles. The normalized spacial score (nSPS) is 17.6. The second-order valence-corrected chi connectivity index (χ2v) is 5.63. The Bertz CT molecular complexity index is 182. The SMILES string of the molecule is CCCCCCCC(S(=O)[O-])S(=O)[O-]. The van der Waals surface area contributed by atoms with Crippen molar-refractivity contribution in [1.82, 2.24) is 0 Å². The lowest BCUT2D eigenvalue weighted by Gasteiger charge is -2.21. The van der Waals surface area contributed by atoms with Crippen molar-refractivity contribution in [1.29, 1.82) is 0 Å². The largest absolute Gasteiger partial charge is 0.771 e. The molecule has 0 spiro atoms. The van der Waals surface area contributed by atoms with E-state index in [-0.39, 0.29) is 6.42 Å². The first-order valence-corrected chi connectivity index (χ1v) is 7.03. The van der Waals surface area contributed by atoms with Crippen LogP contribution in [0.15, 0.2) is 0 Å². The lowest BCUT2D eigenvalue weighted by molar-refractivity contribution is 0.502. The van der Waals surface area contributed by atoms with Gasteiger partial charge in [-0.15, -0.1) is 0 Å². The summed E-state index contributed by atoms with van der Waals surface area (Å²) < 4.78 is 40.6. The molecule has 86 valence electrons. The van der Waals surface area contributed by atoms with Gasteiger partial charge < -0.3 is 9.11 Å². The minimum Gasteiger partial charge on any atom is -0.771 e. The molecule has 0 saturated heterocycles. The van der Waals surface area contributed by atoms with Gasteiger partial charge in [-0.1, -0.05) is 39.0 Å². The fraction of sp³-hybridized carbons (Fsp3) is 1.00. The average molecular weight is 240 g/mol. The van der Waals surface area contributed by atoms with E-state index in [1.54, 1.807) is 0 Å². The molecule has 6 heteroatoms. The Labute approximate surface area is 90.0 Å². The summed E-state index contributed by atoms with van der Waals surface area (Å²) in [7, 11) is 0. The summed E-state index contributed by atoms with van der Waals surface area (Å²) in [5.74, 6) is 0. The first kappa shape index (κ1) is 14.2. The molecule has 0 aliphatic carbocycles. The first-order valence-electron chi connectivity index (χ1n) is 4.75. The number of hydrogen-bond acceptors (Lipinski definition) is 4. The van der Waals surface area contributed by atoms with E-state index in [2.05, 4.69) is 6.92 Å². The molecule has 0 saturated carbocycles. The van der Waals surface area contributed by atoms with Crippen LogP contribution >= 0.6 is 0 Å². The fourth-order valence-electron chi connectivity index (χ4n) is 1.17. The van der Waals surface area contributed by atoms with E-state index in [1.807, 2.05) is 0 Å². The quantitative estimate of drug-likeness (QED) is 0.475. The molecule has 14 heavy (non-hydrogen) atoms. The second kappa shape index (κ2) is 8.52. The maximum atomic E-state index is 10.5. The summed E-state index contributed by atoms with van der Waals surface area (Å²) in [6.45, 7) is 2.09. The van der Waals surface area contributed by atoms with Gasteiger partial charge in [-0.05, 0) is 28.6 Å². The third-order valence-electron chi connectivity index (χ3n) is 1.97. The molecule has 0 amide bonds. The Balaban J connectivity index is 3.62. The van der Waals surface area contributed by atoms with Crippen molar-refractivity contribution >= 4 is 22.2 Å². The van der Waals surface area contributed by atoms with Crippen molar-refractivity contribution < 1.29 is 17.5 Å². The molecule has 0 aromatic carbocycles. The van der Waals surface area contributed by atoms with Crippen LogP contribution in [0.25, 0.3) is 0 Å². The van der Waals surface area contributed by atoms with Gasteiger partial charge in [-0.2, -0.15) is 0 Å². The minimum atomic E-state index is -2.50. The monoisotopic (exact) mass is 240 g/mol. The molecule has 0 radical (unpaired) electrons. The van der Waals surface area contributed by atoms with E-state index in [0.717, 1.165) is 25.7 Å². The molecule has 2 atom stereocenters. The van der Waals surface area contributed by atoms with Crippen molar-refractivity contribution in [3.63, 3.8) is 0 Å². The van der Waals surface area contributed by atoms with Gasteiger partial charge in [-0.25, -0.2) is 0 Å². The third-order valence-corrected chi connectivity index (χ3v) is 4.25. The third kappa shape index (κ3) is 6.64. The summed E-state index contributed by atoms with van der Waals surface area (Å²) in [5, 5.41) is 0. The molecular formula is C8H16O4S2-2. The molecule has 0 rings (SSSR count). The standard InChI is InChI=1S/C8H18O4S2/c1-2-3-4-5-6-7-8(13(9)10)14(11)12/h8H,2-7H2,1H3,(H,9,10)(H,11,12)/p-2. The molecule has 0 fully saturated rings. The Morgan fingerprint density at radius 2 is 1.50 bits per heavy atom. The highest BCUT2D eigenvalue weighted by Gasteiger charge is 2.08. The Morgan fingerprint density at radius 3 is 1.93 bits per heavy atom. The van der Waals surface area contributed by atoms with Crippen molar-refractivity contribution in [2.24, 2.45) is 0 Å². The Kier molecular flexibility index (Phi) is 8.66. The minimum absolute atomic E-state index is 0.218. The van der Waals surface area contributed by atoms with Crippen molar-refractivity contribution in [2.45, 2.75) is 50.0 Å². The predicted molar refractivity (Wildman–Crippen MR) is 55.0 cm³/mol. The molecule has 0 N–H and O–H groups in total. The van der Waals surface area contributed by atoms with Crippen molar-refractivity contribution in [3.05, 3.63) is 0 Å². The van der Waals surface area contributed by atoms with Crippen LogP contribution in [-0.4, -0.2) is 22.1 Å². The van der Waals surface area contributed by atoms with Crippen LogP contribution < -0.4 is 0 Å². The van der Waals surface area contributed by atoms with Crippen LogP contribution in [-0.2, 0) is 22.2 Å². The van der Waals surface area contributed by atoms with Crippen LogP contribution in [0.4, 0.5) is 0 Å². The summed E-state index contributed by atoms with van der Waals surface area (Å²) >= 11 is -5.01. The molecule has 0 bridgehead atoms. The summed E-state index contributed by atoms with van der Waals surface area (Å²) in [6, 6.07) is 0. The van der Waals surface area contributed by atoms with Gasteiger partial charge in [-0.3, -0.25) is 8.42 Å². The zero-order valence-electron chi connectivity index (χ0n) is 8.27. The smallest absolute Gasteiger partial charge is 0.0837 e. The van der Waals surface area contributed by atoms with Crippen LogP contribution in [0.2, 0.25) is 0 Å². The predicted octanol–water partition coefficient (Wildman–Crippen LogP) is 1.43. The van der Waals surface area contributed by atoms with Gasteiger partial charge in [0.25, 0.3) is 0 Å². The fourth-order valence-corrected chi connectivity index (χ4v) is 2.40. The maximum absolute atomic E-state index is 10.5. The average Bonchev–Trinajstić information content (AvgIpc) is 2.09. The first-order chi connectivity index (χ1) is 6.59. The highest BCUT2D eigenvalue weighted by Crippen LogP contribution is 2.12. The van der Waals surface area contributed by atoms with Crippen LogP contribution in [0, 0.1) is 0 Å². The zero-order valence-corrected chi connectivity index (χ0v) is 9.90. The maximum Gasteiger partial charge on any atom is 0.0837 e. The van der Waals surface area contributed by atoms with E-state index >= 15 is 0 Å².